The van der Waals surface area contributed by atoms with Crippen molar-refractivity contribution < 1.29 is 23.7 Å². The van der Waals surface area contributed by atoms with E-state index in [0.29, 0.717) is 55.0 Å². The van der Waals surface area contributed by atoms with Crippen LogP contribution in [-0.2, 0) is 23.7 Å². The summed E-state index contributed by atoms with van der Waals surface area (Å²) in [7, 11) is 0. The topological polar surface area (TPSA) is 85.5 Å². The maximum absolute atomic E-state index is 5.64. The molecule has 0 aromatic heterocycles. The summed E-state index contributed by atoms with van der Waals surface area (Å²) in [6.45, 7) is 85.0. The molecular weight excluding hydrogens is 1170 g/mol. The Labute approximate surface area is 597 Å². The highest BCUT2D eigenvalue weighted by Crippen LogP contribution is 2.40. The van der Waals surface area contributed by atoms with Crippen LogP contribution >= 0.6 is 0 Å². The number of hydrogen-bond donors (Lipinski definition) is 3. The number of hydrogen-bond acceptors (Lipinski definition) is 9. The molecule has 10 aliphatic rings. The van der Waals surface area contributed by atoms with Gasteiger partial charge in [0.15, 0.2) is 0 Å². The zero-order valence-corrected chi connectivity index (χ0v) is 70.3. The van der Waals surface area contributed by atoms with Crippen LogP contribution in [0, 0.1) is 84.2 Å². The molecule has 6 atom stereocenters. The second kappa shape index (κ2) is 44.3. The molecule has 9 nitrogen and oxygen atoms in total. The van der Waals surface area contributed by atoms with Crippen molar-refractivity contribution in [3.63, 3.8) is 0 Å². The lowest BCUT2D eigenvalue weighted by Crippen LogP contribution is -2.38. The van der Waals surface area contributed by atoms with Gasteiger partial charge in [-0.2, -0.15) is 0 Å². The fraction of sp³-hybridized carbons (Fsp3) is 1.00. The zero-order valence-electron chi connectivity index (χ0n) is 70.3. The highest BCUT2D eigenvalue weighted by molar-refractivity contribution is 4.87. The summed E-state index contributed by atoms with van der Waals surface area (Å²) in [6.07, 6.45) is 31.3. The first kappa shape index (κ1) is 92.7. The van der Waals surface area contributed by atoms with E-state index in [1.54, 1.807) is 0 Å². The van der Waals surface area contributed by atoms with Gasteiger partial charge in [0.1, 0.15) is 0 Å². The smallest absolute Gasteiger partial charge is 0.0857 e. The molecule has 10 fully saturated rings. The van der Waals surface area contributed by atoms with Gasteiger partial charge in [0.2, 0.25) is 0 Å². The Morgan fingerprint density at radius 1 is 0.263 bits per heavy atom. The van der Waals surface area contributed by atoms with Gasteiger partial charge in [-0.3, -0.25) is 4.90 Å². The quantitative estimate of drug-likeness (QED) is 0.220. The standard InChI is InChI=1S/C10H20.3C9H18O.C9H18.4C8H17N.C8H16O2/c1-10(2,3)9-7-5-4-6-8-9;1-9(2,3)8-4-6-10-7-5-8;1-9(2,3)8-5-4-6-10-7-8;1-9(2,3)8-6-4-5-7-10-8;1-9(2,3)8-6-4-5-7-8;2*1-8(2,3)7-4-5-9-6-7;1-8(2,3)9-6-4-5-7-9;1-8(2,3)7-5-4-6-9-7;1-8(2,3)7-6-9-4-5-10-7/h9H,4-8H2,1-3H3;3*8H,4-7H2,1-3H3;8H,4-7H2,1-3H3;2*7,9H,4-6H2,1-3H3;4-7H2,1-3H3;7,9H,4-6H2,1-3H3;7H,4-6H2,1-3H3. The van der Waals surface area contributed by atoms with E-state index in [1.807, 2.05) is 0 Å². The fourth-order valence-corrected chi connectivity index (χ4v) is 14.8. The second-order valence-electron chi connectivity index (χ2n) is 41.6. The number of likely N-dealkylation sites (tertiary alicyclic amines) is 1. The van der Waals surface area contributed by atoms with E-state index >= 15 is 0 Å². The Morgan fingerprint density at radius 3 is 0.895 bits per heavy atom. The molecule has 8 saturated heterocycles. The first-order valence-corrected chi connectivity index (χ1v) is 40.4. The van der Waals surface area contributed by atoms with Crippen LogP contribution in [0.15, 0.2) is 0 Å². The van der Waals surface area contributed by atoms with Gasteiger partial charge < -0.3 is 39.6 Å². The SMILES string of the molecule is CC(C)(C)C1CCCC1.CC(C)(C)C1CCCCC1.CC(C)(C)C1CCCCO1.CC(C)(C)C1CCCN1.CC(C)(C)C1CCCOC1.CC(C)(C)C1CCNC1.CC(C)(C)C1CCNC1.CC(C)(C)C1CCOCC1.CC(C)(C)C1COCCO1.CC(C)(C)N1CCCC1. The van der Waals surface area contributed by atoms with E-state index in [-0.39, 0.29) is 11.5 Å². The molecule has 10 rings (SSSR count). The van der Waals surface area contributed by atoms with Gasteiger partial charge in [0, 0.05) is 44.6 Å². The van der Waals surface area contributed by atoms with E-state index in [2.05, 4.69) is 229 Å². The number of ether oxygens (including phenoxy) is 5. The van der Waals surface area contributed by atoms with E-state index in [1.165, 1.54) is 187 Å². The van der Waals surface area contributed by atoms with Crippen LogP contribution in [0.2, 0.25) is 0 Å². The van der Waals surface area contributed by atoms with Crippen LogP contribution in [0.1, 0.15) is 349 Å². The number of nitrogens with zero attached hydrogens (tertiary/aromatic N) is 1. The fourth-order valence-electron chi connectivity index (χ4n) is 14.8. The van der Waals surface area contributed by atoms with E-state index in [9.17, 15) is 0 Å². The Bertz CT molecular complexity index is 1490. The zero-order chi connectivity index (χ0) is 72.6. The van der Waals surface area contributed by atoms with Gasteiger partial charge in [-0.15, -0.1) is 0 Å². The van der Waals surface area contributed by atoms with E-state index in [0.717, 1.165) is 94.4 Å². The van der Waals surface area contributed by atoms with Crippen molar-refractivity contribution >= 4 is 0 Å². The molecule has 8 heterocycles. The van der Waals surface area contributed by atoms with Crippen LogP contribution in [0.4, 0.5) is 0 Å². The summed E-state index contributed by atoms with van der Waals surface area (Å²) in [6, 6.07) is 0.762. The van der Waals surface area contributed by atoms with Gasteiger partial charge in [-0.05, 0) is 260 Å². The summed E-state index contributed by atoms with van der Waals surface area (Å²) >= 11 is 0. The molecule has 0 amide bonds. The first-order chi connectivity index (χ1) is 43.6. The van der Waals surface area contributed by atoms with Gasteiger partial charge in [-0.25, -0.2) is 0 Å². The summed E-state index contributed by atoms with van der Waals surface area (Å²) in [5.41, 5.74) is 4.57. The van der Waals surface area contributed by atoms with Crippen molar-refractivity contribution in [2.24, 2.45) is 84.2 Å². The van der Waals surface area contributed by atoms with Crippen molar-refractivity contribution in [1.82, 2.24) is 20.9 Å². The average molecular weight is 1350 g/mol. The summed E-state index contributed by atoms with van der Waals surface area (Å²) < 4.78 is 27.1. The highest BCUT2D eigenvalue weighted by Gasteiger charge is 2.33. The van der Waals surface area contributed by atoms with Crippen molar-refractivity contribution in [2.45, 2.75) is 373 Å². The van der Waals surface area contributed by atoms with Gasteiger partial charge in [-0.1, -0.05) is 219 Å². The first-order valence-electron chi connectivity index (χ1n) is 40.4. The minimum Gasteiger partial charge on any atom is -0.381 e. The second-order valence-corrected chi connectivity index (χ2v) is 41.6. The van der Waals surface area contributed by atoms with E-state index in [4.69, 9.17) is 23.7 Å². The lowest BCUT2D eigenvalue weighted by atomic mass is 9.72. The molecule has 0 bridgehead atoms. The molecule has 0 aromatic rings. The van der Waals surface area contributed by atoms with Crippen molar-refractivity contribution in [2.75, 3.05) is 98.7 Å². The lowest BCUT2D eigenvalue weighted by Gasteiger charge is -2.33. The number of nitrogens with one attached hydrogen (secondary N) is 3. The predicted octanol–water partition coefficient (Wildman–Crippen LogP) is 22.8. The molecule has 6 unspecified atom stereocenters. The Balaban J connectivity index is 0.000000528. The van der Waals surface area contributed by atoms with Gasteiger partial charge in [0.05, 0.1) is 32.0 Å². The van der Waals surface area contributed by atoms with Crippen LogP contribution in [0.25, 0.3) is 0 Å². The third kappa shape index (κ3) is 43.4. The van der Waals surface area contributed by atoms with Gasteiger partial charge in [0.25, 0.3) is 0 Å². The summed E-state index contributed by atoms with van der Waals surface area (Å²) in [4.78, 5) is 2.55. The lowest BCUT2D eigenvalue weighted by molar-refractivity contribution is -0.128. The van der Waals surface area contributed by atoms with E-state index < -0.39 is 0 Å². The van der Waals surface area contributed by atoms with Crippen molar-refractivity contribution in [3.05, 3.63) is 0 Å². The Hall–Kier alpha value is -0.360. The predicted molar refractivity (Wildman–Crippen MR) is 418 cm³/mol. The Kier molecular flexibility index (Phi) is 43.2. The Morgan fingerprint density at radius 2 is 0.663 bits per heavy atom. The largest absolute Gasteiger partial charge is 0.381 e. The van der Waals surface area contributed by atoms with Crippen molar-refractivity contribution in [3.8, 4) is 0 Å². The molecule has 570 valence electrons. The highest BCUT2D eigenvalue weighted by atomic mass is 16.6. The van der Waals surface area contributed by atoms with Crippen molar-refractivity contribution in [1.29, 1.82) is 0 Å². The maximum atomic E-state index is 5.64. The maximum Gasteiger partial charge on any atom is 0.0857 e. The summed E-state index contributed by atoms with van der Waals surface area (Å²) in [5, 5.41) is 10.3. The van der Waals surface area contributed by atoms with Crippen LogP contribution in [0.3, 0.4) is 0 Å². The molecule has 2 saturated carbocycles. The minimum absolute atomic E-state index is 0.223. The van der Waals surface area contributed by atoms with Crippen LogP contribution in [0.5, 0.6) is 0 Å². The minimum atomic E-state index is 0.223. The van der Waals surface area contributed by atoms with Gasteiger partial charge >= 0.3 is 0 Å². The normalized spacial score (nSPS) is 26.5. The monoisotopic (exact) mass is 1350 g/mol. The van der Waals surface area contributed by atoms with Crippen LogP contribution in [-0.4, -0.2) is 127 Å². The third-order valence-electron chi connectivity index (χ3n) is 22.9. The molecule has 2 aliphatic carbocycles. The molecule has 9 heteroatoms. The molecule has 0 aromatic carbocycles. The molecule has 0 radical (unpaired) electrons. The molecular formula is C86H176N4O5. The van der Waals surface area contributed by atoms with Crippen LogP contribution < -0.4 is 16.0 Å². The number of rotatable bonds is 0. The molecule has 3 N–H and O–H groups in total. The third-order valence-corrected chi connectivity index (χ3v) is 22.9. The molecule has 95 heavy (non-hydrogen) atoms. The molecule has 8 aliphatic heterocycles. The summed E-state index contributed by atoms with van der Waals surface area (Å²) in [5.74, 6) is 5.47. The molecule has 0 spiro atoms. The average Bonchev–Trinajstić information content (AvgIpc) is 1.95.